The van der Waals surface area contributed by atoms with Crippen LogP contribution >= 0.6 is 0 Å². The van der Waals surface area contributed by atoms with Crippen LogP contribution in [0.2, 0.25) is 0 Å². The number of esters is 1. The van der Waals surface area contributed by atoms with E-state index in [0.29, 0.717) is 6.61 Å². The van der Waals surface area contributed by atoms with Gasteiger partial charge in [-0.05, 0) is 19.3 Å². The van der Waals surface area contributed by atoms with Gasteiger partial charge in [-0.15, -0.1) is 0 Å². The molecule has 0 bridgehead atoms. The van der Waals surface area contributed by atoms with Crippen LogP contribution in [-0.2, 0) is 9.53 Å². The van der Waals surface area contributed by atoms with E-state index >= 15 is 0 Å². The van der Waals surface area contributed by atoms with Crippen molar-refractivity contribution in [1.82, 2.24) is 0 Å². The van der Waals surface area contributed by atoms with Crippen molar-refractivity contribution < 1.29 is 9.53 Å². The molecule has 0 N–H and O–H groups in total. The van der Waals surface area contributed by atoms with Gasteiger partial charge >= 0.3 is 5.97 Å². The first-order valence-electron chi connectivity index (χ1n) is 7.92. The van der Waals surface area contributed by atoms with Crippen molar-refractivity contribution in [3.05, 3.63) is 0 Å². The fourth-order valence-corrected chi connectivity index (χ4v) is 2.18. The number of hydrogen-bond acceptors (Lipinski definition) is 2. The minimum atomic E-state index is 0.0424. The molecule has 2 heteroatoms. The first-order valence-corrected chi connectivity index (χ1v) is 7.92. The molecule has 0 amide bonds. The summed E-state index contributed by atoms with van der Waals surface area (Å²) in [6, 6.07) is 0. The monoisotopic (exact) mass is 256 g/mol. The summed E-state index contributed by atoms with van der Waals surface area (Å²) >= 11 is 0. The molecule has 0 saturated heterocycles. The van der Waals surface area contributed by atoms with Crippen molar-refractivity contribution >= 4 is 5.97 Å². The van der Waals surface area contributed by atoms with Crippen LogP contribution in [0, 0.1) is 5.92 Å². The van der Waals surface area contributed by atoms with Crippen LogP contribution in [-0.4, -0.2) is 12.6 Å². The summed E-state index contributed by atoms with van der Waals surface area (Å²) < 4.78 is 5.40. The van der Waals surface area contributed by atoms with E-state index in [1.54, 1.807) is 0 Å². The van der Waals surface area contributed by atoms with Crippen molar-refractivity contribution in [2.75, 3.05) is 6.61 Å². The Kier molecular flexibility index (Phi) is 12.5. The van der Waals surface area contributed by atoms with Gasteiger partial charge in [-0.1, -0.05) is 65.7 Å². The van der Waals surface area contributed by atoms with E-state index in [1.807, 2.05) is 0 Å². The Morgan fingerprint density at radius 1 is 0.833 bits per heavy atom. The van der Waals surface area contributed by atoms with Crippen LogP contribution in [0.3, 0.4) is 0 Å². The maximum absolute atomic E-state index is 11.9. The predicted molar refractivity (Wildman–Crippen MR) is 77.6 cm³/mol. The predicted octanol–water partition coefficient (Wildman–Crippen LogP) is 5.11. The molecule has 2 nitrogen and oxygen atoms in total. The molecule has 0 aromatic carbocycles. The number of rotatable bonds is 12. The zero-order valence-corrected chi connectivity index (χ0v) is 12.7. The standard InChI is InChI=1S/C16H32O2/c1-4-7-9-10-11-14-18-16(17)15(12-6-3)13-8-5-2/h15H,4-14H2,1-3H3. The molecule has 0 fully saturated rings. The van der Waals surface area contributed by atoms with Crippen LogP contribution in [0.1, 0.15) is 85.0 Å². The van der Waals surface area contributed by atoms with Crippen LogP contribution in [0.25, 0.3) is 0 Å². The van der Waals surface area contributed by atoms with Crippen molar-refractivity contribution in [1.29, 1.82) is 0 Å². The third-order valence-electron chi connectivity index (χ3n) is 3.37. The van der Waals surface area contributed by atoms with Crippen molar-refractivity contribution in [2.45, 2.75) is 85.0 Å². The van der Waals surface area contributed by atoms with Crippen LogP contribution in [0.4, 0.5) is 0 Å². The van der Waals surface area contributed by atoms with Gasteiger partial charge in [0.1, 0.15) is 0 Å². The first kappa shape index (κ1) is 17.5. The zero-order valence-electron chi connectivity index (χ0n) is 12.7. The van der Waals surface area contributed by atoms with Crippen molar-refractivity contribution in [2.24, 2.45) is 5.92 Å². The van der Waals surface area contributed by atoms with E-state index < -0.39 is 0 Å². The zero-order chi connectivity index (χ0) is 13.6. The smallest absolute Gasteiger partial charge is 0.308 e. The lowest BCUT2D eigenvalue weighted by Gasteiger charge is -2.14. The number of ether oxygens (including phenoxy) is 1. The van der Waals surface area contributed by atoms with Gasteiger partial charge in [0.05, 0.1) is 12.5 Å². The molecule has 0 saturated carbocycles. The highest BCUT2D eigenvalue weighted by atomic mass is 16.5. The van der Waals surface area contributed by atoms with Gasteiger partial charge in [-0.25, -0.2) is 0 Å². The van der Waals surface area contributed by atoms with Gasteiger partial charge in [0, 0.05) is 0 Å². The normalized spacial score (nSPS) is 12.4. The van der Waals surface area contributed by atoms with Crippen LogP contribution in [0.15, 0.2) is 0 Å². The lowest BCUT2D eigenvalue weighted by molar-refractivity contribution is -0.149. The highest BCUT2D eigenvalue weighted by Gasteiger charge is 2.18. The summed E-state index contributed by atoms with van der Waals surface area (Å²) in [6.07, 6.45) is 11.4. The first-order chi connectivity index (χ1) is 8.76. The van der Waals surface area contributed by atoms with Gasteiger partial charge in [0.15, 0.2) is 0 Å². The molecule has 1 unspecified atom stereocenters. The molecule has 0 spiro atoms. The fraction of sp³-hybridized carbons (Fsp3) is 0.938. The minimum absolute atomic E-state index is 0.0424. The third kappa shape index (κ3) is 9.49. The average molecular weight is 256 g/mol. The van der Waals surface area contributed by atoms with Gasteiger partial charge in [0.2, 0.25) is 0 Å². The average Bonchev–Trinajstić information content (AvgIpc) is 2.38. The summed E-state index contributed by atoms with van der Waals surface area (Å²) in [4.78, 5) is 11.9. The molecule has 18 heavy (non-hydrogen) atoms. The Hall–Kier alpha value is -0.530. The maximum Gasteiger partial charge on any atom is 0.308 e. The molecule has 0 heterocycles. The van der Waals surface area contributed by atoms with Gasteiger partial charge in [-0.2, -0.15) is 0 Å². The molecule has 108 valence electrons. The summed E-state index contributed by atoms with van der Waals surface area (Å²) in [7, 11) is 0. The van der Waals surface area contributed by atoms with E-state index in [1.165, 1.54) is 25.7 Å². The number of carbonyl (C=O) groups is 1. The van der Waals surface area contributed by atoms with Crippen LogP contribution in [0.5, 0.6) is 0 Å². The maximum atomic E-state index is 11.9. The van der Waals surface area contributed by atoms with E-state index in [9.17, 15) is 4.79 Å². The number of carbonyl (C=O) groups excluding carboxylic acids is 1. The summed E-state index contributed by atoms with van der Waals surface area (Å²) in [5, 5.41) is 0. The Morgan fingerprint density at radius 3 is 2.11 bits per heavy atom. The highest BCUT2D eigenvalue weighted by molar-refractivity contribution is 5.72. The van der Waals surface area contributed by atoms with E-state index in [4.69, 9.17) is 4.74 Å². The lowest BCUT2D eigenvalue weighted by Crippen LogP contribution is -2.18. The second kappa shape index (κ2) is 12.9. The minimum Gasteiger partial charge on any atom is -0.465 e. The SMILES string of the molecule is CCCCCCCOC(=O)C(CCC)CCCC. The Labute approximate surface area is 113 Å². The molecule has 1 atom stereocenters. The number of unbranched alkanes of at least 4 members (excludes halogenated alkanes) is 5. The van der Waals surface area contributed by atoms with E-state index in [0.717, 1.165) is 38.5 Å². The molecular weight excluding hydrogens is 224 g/mol. The summed E-state index contributed by atoms with van der Waals surface area (Å²) in [5.41, 5.74) is 0. The molecule has 0 aliphatic carbocycles. The summed E-state index contributed by atoms with van der Waals surface area (Å²) in [5.74, 6) is 0.186. The molecule has 0 radical (unpaired) electrons. The second-order valence-corrected chi connectivity index (χ2v) is 5.21. The fourth-order valence-electron chi connectivity index (χ4n) is 2.18. The molecule has 0 aliphatic rings. The van der Waals surface area contributed by atoms with Crippen molar-refractivity contribution in [3.8, 4) is 0 Å². The molecule has 0 aromatic rings. The molecular formula is C16H32O2. The Balaban J connectivity index is 3.67. The second-order valence-electron chi connectivity index (χ2n) is 5.21. The molecule has 0 aliphatic heterocycles. The molecule has 0 aromatic heterocycles. The quantitative estimate of drug-likeness (QED) is 0.358. The van der Waals surface area contributed by atoms with Crippen molar-refractivity contribution in [3.63, 3.8) is 0 Å². The van der Waals surface area contributed by atoms with Gasteiger partial charge < -0.3 is 4.74 Å². The van der Waals surface area contributed by atoms with Gasteiger partial charge in [0.25, 0.3) is 0 Å². The lowest BCUT2D eigenvalue weighted by atomic mass is 9.97. The Bertz CT molecular complexity index is 190. The summed E-state index contributed by atoms with van der Waals surface area (Å²) in [6.45, 7) is 7.14. The largest absolute Gasteiger partial charge is 0.465 e. The number of hydrogen-bond donors (Lipinski definition) is 0. The van der Waals surface area contributed by atoms with Gasteiger partial charge in [-0.3, -0.25) is 4.79 Å². The Morgan fingerprint density at radius 2 is 1.50 bits per heavy atom. The molecule has 0 rings (SSSR count). The third-order valence-corrected chi connectivity index (χ3v) is 3.37. The highest BCUT2D eigenvalue weighted by Crippen LogP contribution is 2.17. The van der Waals surface area contributed by atoms with E-state index in [-0.39, 0.29) is 11.9 Å². The van der Waals surface area contributed by atoms with E-state index in [2.05, 4.69) is 20.8 Å². The topological polar surface area (TPSA) is 26.3 Å². The van der Waals surface area contributed by atoms with Crippen LogP contribution < -0.4 is 0 Å².